The van der Waals surface area contributed by atoms with E-state index in [-0.39, 0.29) is 6.42 Å². The number of carboxylic acids is 1. The monoisotopic (exact) mass is 261 g/mol. The number of aliphatic carboxylic acids is 1. The van der Waals surface area contributed by atoms with Crippen LogP contribution in [0.15, 0.2) is 18.2 Å². The fourth-order valence-corrected chi connectivity index (χ4v) is 1.57. The smallest absolute Gasteiger partial charge is 0.305 e. The van der Waals surface area contributed by atoms with E-state index in [1.807, 2.05) is 0 Å². The van der Waals surface area contributed by atoms with E-state index < -0.39 is 12.0 Å². The van der Waals surface area contributed by atoms with Crippen molar-refractivity contribution in [3.63, 3.8) is 0 Å². The van der Waals surface area contributed by atoms with E-state index in [1.54, 1.807) is 12.1 Å². The number of carboxylic acid groups (broad SMARTS) is 1. The van der Waals surface area contributed by atoms with E-state index in [0.717, 1.165) is 0 Å². The first-order valence-electron chi connectivity index (χ1n) is 4.41. The number of benzene rings is 1. The molecule has 0 fully saturated rings. The fraction of sp³-hybridized carbons (Fsp3) is 0.200. The molecular weight excluding hydrogens is 253 g/mol. The van der Waals surface area contributed by atoms with Gasteiger partial charge in [-0.15, -0.1) is 0 Å². The summed E-state index contributed by atoms with van der Waals surface area (Å²) in [6.07, 6.45) is 0.243. The number of hydrogen-bond acceptors (Lipinski definition) is 2. The highest BCUT2D eigenvalue weighted by atomic mass is 35.5. The molecule has 6 heteroatoms. The molecule has 1 amide bonds. The van der Waals surface area contributed by atoms with Crippen LogP contribution in [-0.2, 0) is 9.59 Å². The zero-order chi connectivity index (χ0) is 12.1. The van der Waals surface area contributed by atoms with Crippen LogP contribution in [-0.4, -0.2) is 17.5 Å². The Morgan fingerprint density at radius 1 is 1.44 bits per heavy atom. The maximum atomic E-state index is 10.6. The Morgan fingerprint density at radius 3 is 2.62 bits per heavy atom. The zero-order valence-corrected chi connectivity index (χ0v) is 9.63. The van der Waals surface area contributed by atoms with E-state index in [4.69, 9.17) is 28.3 Å². The molecule has 16 heavy (non-hydrogen) atoms. The van der Waals surface area contributed by atoms with Crippen molar-refractivity contribution in [1.82, 2.24) is 5.32 Å². The molecule has 1 atom stereocenters. The SMILES string of the molecule is O=CN[C@H](CC(=O)O)c1ccc(Cl)c(Cl)c1. The Bertz CT molecular complexity index is 409. The third-order valence-electron chi connectivity index (χ3n) is 1.99. The van der Waals surface area contributed by atoms with E-state index >= 15 is 0 Å². The molecule has 0 unspecified atom stereocenters. The Hall–Kier alpha value is -1.26. The Balaban J connectivity index is 2.95. The molecule has 0 aromatic heterocycles. The van der Waals surface area contributed by atoms with Crippen molar-refractivity contribution < 1.29 is 14.7 Å². The largest absolute Gasteiger partial charge is 0.481 e. The molecular formula is C10H9Cl2NO3. The summed E-state index contributed by atoms with van der Waals surface area (Å²) in [6.45, 7) is 0. The minimum atomic E-state index is -1.01. The van der Waals surface area contributed by atoms with E-state index in [2.05, 4.69) is 5.32 Å². The van der Waals surface area contributed by atoms with Gasteiger partial charge in [-0.05, 0) is 17.7 Å². The van der Waals surface area contributed by atoms with E-state index in [0.29, 0.717) is 22.0 Å². The first-order valence-corrected chi connectivity index (χ1v) is 5.16. The Kier molecular flexibility index (Phi) is 4.58. The summed E-state index contributed by atoms with van der Waals surface area (Å²) < 4.78 is 0. The lowest BCUT2D eigenvalue weighted by molar-refractivity contribution is -0.137. The van der Waals surface area contributed by atoms with Crippen molar-refractivity contribution in [2.45, 2.75) is 12.5 Å². The van der Waals surface area contributed by atoms with Crippen LogP contribution in [0, 0.1) is 0 Å². The van der Waals surface area contributed by atoms with Crippen molar-refractivity contribution in [1.29, 1.82) is 0 Å². The summed E-state index contributed by atoms with van der Waals surface area (Å²) in [7, 11) is 0. The van der Waals surface area contributed by atoms with Gasteiger partial charge in [-0.2, -0.15) is 0 Å². The lowest BCUT2D eigenvalue weighted by Gasteiger charge is -2.14. The van der Waals surface area contributed by atoms with Crippen LogP contribution in [0.1, 0.15) is 18.0 Å². The van der Waals surface area contributed by atoms with Crippen LogP contribution in [0.25, 0.3) is 0 Å². The number of amides is 1. The minimum Gasteiger partial charge on any atom is -0.481 e. The number of carbonyl (C=O) groups is 2. The van der Waals surface area contributed by atoms with Gasteiger partial charge in [-0.3, -0.25) is 9.59 Å². The molecule has 1 rings (SSSR count). The summed E-state index contributed by atoms with van der Waals surface area (Å²) in [6, 6.07) is 4.11. The van der Waals surface area contributed by atoms with Crippen molar-refractivity contribution in [2.24, 2.45) is 0 Å². The highest BCUT2D eigenvalue weighted by Gasteiger charge is 2.15. The molecule has 2 N–H and O–H groups in total. The van der Waals surface area contributed by atoms with Gasteiger partial charge >= 0.3 is 5.97 Å². The molecule has 0 saturated carbocycles. The standard InChI is InChI=1S/C10H9Cl2NO3/c11-7-2-1-6(3-8(7)12)9(13-5-14)4-10(15)16/h1-3,5,9H,4H2,(H,13,14)(H,15,16)/t9-/m1/s1. The molecule has 4 nitrogen and oxygen atoms in total. The van der Waals surface area contributed by atoms with Gasteiger partial charge in [-0.25, -0.2) is 0 Å². The molecule has 0 bridgehead atoms. The van der Waals surface area contributed by atoms with Crippen molar-refractivity contribution >= 4 is 35.6 Å². The second-order valence-electron chi connectivity index (χ2n) is 3.11. The van der Waals surface area contributed by atoms with Crippen LogP contribution < -0.4 is 5.32 Å². The Morgan fingerprint density at radius 2 is 2.12 bits per heavy atom. The summed E-state index contributed by atoms with van der Waals surface area (Å²) in [4.78, 5) is 21.0. The number of halogens is 2. The third kappa shape index (κ3) is 3.40. The van der Waals surface area contributed by atoms with Crippen molar-refractivity contribution in [3.05, 3.63) is 33.8 Å². The van der Waals surface area contributed by atoms with Crippen molar-refractivity contribution in [3.8, 4) is 0 Å². The maximum absolute atomic E-state index is 10.6. The van der Waals surface area contributed by atoms with Gasteiger partial charge in [0.1, 0.15) is 0 Å². The third-order valence-corrected chi connectivity index (χ3v) is 2.73. The second-order valence-corrected chi connectivity index (χ2v) is 3.92. The van der Waals surface area contributed by atoms with Gasteiger partial charge < -0.3 is 10.4 Å². The first-order chi connectivity index (χ1) is 7.54. The predicted octanol–water partition coefficient (Wildman–Crippen LogP) is 2.26. The number of hydrogen-bond donors (Lipinski definition) is 2. The average Bonchev–Trinajstić information content (AvgIpc) is 2.21. The van der Waals surface area contributed by atoms with E-state index in [9.17, 15) is 9.59 Å². The molecule has 0 aliphatic rings. The normalized spacial score (nSPS) is 11.9. The van der Waals surface area contributed by atoms with Crippen LogP contribution >= 0.6 is 23.2 Å². The van der Waals surface area contributed by atoms with Crippen molar-refractivity contribution in [2.75, 3.05) is 0 Å². The summed E-state index contributed by atoms with van der Waals surface area (Å²) in [5, 5.41) is 11.8. The molecule has 0 spiro atoms. The quantitative estimate of drug-likeness (QED) is 0.800. The first kappa shape index (κ1) is 12.8. The van der Waals surface area contributed by atoms with Gasteiger partial charge in [0.15, 0.2) is 0 Å². The summed E-state index contributed by atoms with van der Waals surface area (Å²) >= 11 is 11.5. The van der Waals surface area contributed by atoms with Gasteiger partial charge in [-0.1, -0.05) is 29.3 Å². The molecule has 0 heterocycles. The zero-order valence-electron chi connectivity index (χ0n) is 8.11. The average molecular weight is 262 g/mol. The minimum absolute atomic E-state index is 0.212. The molecule has 86 valence electrons. The molecule has 0 aliphatic heterocycles. The Labute approximate surface area is 102 Å². The van der Waals surface area contributed by atoms with Gasteiger partial charge in [0, 0.05) is 0 Å². The molecule has 1 aromatic rings. The lowest BCUT2D eigenvalue weighted by atomic mass is 10.0. The second kappa shape index (κ2) is 5.72. The van der Waals surface area contributed by atoms with Gasteiger partial charge in [0.05, 0.1) is 22.5 Å². The van der Waals surface area contributed by atoms with Gasteiger partial charge in [0.25, 0.3) is 0 Å². The predicted molar refractivity (Wildman–Crippen MR) is 60.7 cm³/mol. The molecule has 0 saturated heterocycles. The molecule has 0 radical (unpaired) electrons. The summed E-state index contributed by atoms with van der Waals surface area (Å²) in [5.41, 5.74) is 0.601. The molecule has 1 aromatic carbocycles. The van der Waals surface area contributed by atoms with Crippen LogP contribution in [0.3, 0.4) is 0 Å². The van der Waals surface area contributed by atoms with Crippen LogP contribution in [0.5, 0.6) is 0 Å². The summed E-state index contributed by atoms with van der Waals surface area (Å²) in [5.74, 6) is -1.01. The van der Waals surface area contributed by atoms with Gasteiger partial charge in [0.2, 0.25) is 6.41 Å². The fourth-order valence-electron chi connectivity index (χ4n) is 1.26. The highest BCUT2D eigenvalue weighted by molar-refractivity contribution is 6.42. The number of nitrogens with one attached hydrogen (secondary N) is 1. The topological polar surface area (TPSA) is 66.4 Å². The number of rotatable bonds is 5. The van der Waals surface area contributed by atoms with Crippen LogP contribution in [0.4, 0.5) is 0 Å². The lowest BCUT2D eigenvalue weighted by Crippen LogP contribution is -2.22. The number of carbonyl (C=O) groups excluding carboxylic acids is 1. The van der Waals surface area contributed by atoms with Crippen LogP contribution in [0.2, 0.25) is 10.0 Å². The highest BCUT2D eigenvalue weighted by Crippen LogP contribution is 2.26. The molecule has 0 aliphatic carbocycles. The maximum Gasteiger partial charge on any atom is 0.305 e. The van der Waals surface area contributed by atoms with E-state index in [1.165, 1.54) is 6.07 Å².